The summed E-state index contributed by atoms with van der Waals surface area (Å²) in [5.41, 5.74) is 0. The molecule has 0 unspecified atom stereocenters. The van der Waals surface area contributed by atoms with Crippen LogP contribution < -0.4 is 10.6 Å². The van der Waals surface area contributed by atoms with Gasteiger partial charge in [-0.15, -0.1) is 22.7 Å². The zero-order valence-corrected chi connectivity index (χ0v) is 20.4. The highest BCUT2D eigenvalue weighted by Gasteiger charge is 2.21. The smallest absolute Gasteiger partial charge is 0.349 e. The Morgan fingerprint density at radius 2 is 1.19 bits per heavy atom. The molecule has 0 aromatic carbocycles. The molecule has 0 atom stereocenters. The molecule has 2 aromatic heterocycles. The first kappa shape index (κ1) is 24.8. The lowest BCUT2D eigenvalue weighted by molar-refractivity contribution is 0.0522. The molecule has 10 heteroatoms. The molecule has 32 heavy (non-hydrogen) atoms. The zero-order chi connectivity index (χ0) is 22.8. The number of hydrogen-bond acceptors (Lipinski definition) is 10. The summed E-state index contributed by atoms with van der Waals surface area (Å²) >= 11 is 2.95. The SMILES string of the molecule is CCOC(=O)c1cnc(C2CCNCC2)s1.CCOC(=O)c1cnc(C2CCNCC2)s1. The molecule has 2 N–H and O–H groups in total. The Morgan fingerprint density at radius 1 is 0.812 bits per heavy atom. The Morgan fingerprint density at radius 3 is 1.53 bits per heavy atom. The molecule has 4 heterocycles. The van der Waals surface area contributed by atoms with Crippen LogP contribution in [-0.4, -0.2) is 61.3 Å². The fourth-order valence-electron chi connectivity index (χ4n) is 3.68. The molecular formula is C22H32N4O4S2. The van der Waals surface area contributed by atoms with E-state index in [2.05, 4.69) is 20.6 Å². The summed E-state index contributed by atoms with van der Waals surface area (Å²) in [5, 5.41) is 8.79. The molecule has 4 rings (SSSR count). The van der Waals surface area contributed by atoms with E-state index < -0.39 is 0 Å². The van der Waals surface area contributed by atoms with Crippen molar-refractivity contribution in [3.63, 3.8) is 0 Å². The third-order valence-corrected chi connectivity index (χ3v) is 7.66. The van der Waals surface area contributed by atoms with E-state index in [-0.39, 0.29) is 11.9 Å². The largest absolute Gasteiger partial charge is 0.462 e. The highest BCUT2D eigenvalue weighted by Crippen LogP contribution is 2.30. The maximum atomic E-state index is 11.5. The van der Waals surface area contributed by atoms with Crippen molar-refractivity contribution in [1.82, 2.24) is 20.6 Å². The molecule has 0 amide bonds. The van der Waals surface area contributed by atoms with Crippen LogP contribution in [0.1, 0.15) is 80.7 Å². The zero-order valence-electron chi connectivity index (χ0n) is 18.7. The number of aromatic nitrogens is 2. The van der Waals surface area contributed by atoms with Gasteiger partial charge in [-0.25, -0.2) is 19.6 Å². The number of hydrogen-bond donors (Lipinski definition) is 2. The van der Waals surface area contributed by atoms with Crippen LogP contribution >= 0.6 is 22.7 Å². The number of carbonyl (C=O) groups is 2. The minimum atomic E-state index is -0.250. The lowest BCUT2D eigenvalue weighted by Crippen LogP contribution is -2.26. The number of ether oxygens (including phenoxy) is 2. The summed E-state index contributed by atoms with van der Waals surface area (Å²) < 4.78 is 9.90. The molecule has 2 aromatic rings. The summed E-state index contributed by atoms with van der Waals surface area (Å²) in [7, 11) is 0. The molecule has 2 saturated heterocycles. The predicted molar refractivity (Wildman–Crippen MR) is 126 cm³/mol. The van der Waals surface area contributed by atoms with Gasteiger partial charge < -0.3 is 20.1 Å². The molecule has 0 saturated carbocycles. The van der Waals surface area contributed by atoms with Crippen molar-refractivity contribution in [2.45, 2.75) is 51.4 Å². The molecule has 0 spiro atoms. The van der Waals surface area contributed by atoms with Crippen molar-refractivity contribution in [2.24, 2.45) is 0 Å². The average molecular weight is 481 g/mol. The summed E-state index contributed by atoms with van der Waals surface area (Å²) in [6, 6.07) is 0. The van der Waals surface area contributed by atoms with Gasteiger partial charge in [0.05, 0.1) is 35.6 Å². The summed E-state index contributed by atoms with van der Waals surface area (Å²) in [5.74, 6) is 0.518. The first-order chi connectivity index (χ1) is 15.6. The predicted octanol–water partition coefficient (Wildman–Crippen LogP) is 3.57. The molecule has 176 valence electrons. The Balaban J connectivity index is 0.000000181. The Bertz CT molecular complexity index is 787. The summed E-state index contributed by atoms with van der Waals surface area (Å²) in [4.78, 5) is 32.9. The van der Waals surface area contributed by atoms with Gasteiger partial charge in [0, 0.05) is 11.8 Å². The van der Waals surface area contributed by atoms with Gasteiger partial charge in [0.1, 0.15) is 9.75 Å². The minimum Gasteiger partial charge on any atom is -0.462 e. The standard InChI is InChI=1S/2C11H16N2O2S/c2*1-2-15-11(14)9-7-13-10(16-9)8-3-5-12-6-4-8/h2*7-8,12H,2-6H2,1H3. The van der Waals surface area contributed by atoms with Crippen LogP contribution in [0.15, 0.2) is 12.4 Å². The lowest BCUT2D eigenvalue weighted by atomic mass is 9.99. The number of carbonyl (C=O) groups excluding carboxylic acids is 2. The highest BCUT2D eigenvalue weighted by atomic mass is 32.1. The van der Waals surface area contributed by atoms with Crippen LogP contribution in [0, 0.1) is 0 Å². The monoisotopic (exact) mass is 480 g/mol. The van der Waals surface area contributed by atoms with Crippen LogP contribution in [-0.2, 0) is 9.47 Å². The number of esters is 2. The Labute approximate surface area is 197 Å². The van der Waals surface area contributed by atoms with Gasteiger partial charge in [-0.05, 0) is 65.7 Å². The van der Waals surface area contributed by atoms with Gasteiger partial charge in [-0.3, -0.25) is 0 Å². The van der Waals surface area contributed by atoms with Gasteiger partial charge in [-0.2, -0.15) is 0 Å². The van der Waals surface area contributed by atoms with Gasteiger partial charge in [0.25, 0.3) is 0 Å². The topological polar surface area (TPSA) is 102 Å². The second kappa shape index (κ2) is 13.0. The summed E-state index contributed by atoms with van der Waals surface area (Å²) in [6.07, 6.45) is 7.71. The van der Waals surface area contributed by atoms with Gasteiger partial charge >= 0.3 is 11.9 Å². The van der Waals surface area contributed by atoms with Crippen LogP contribution in [0.25, 0.3) is 0 Å². The number of thiazole rings is 2. The van der Waals surface area contributed by atoms with Crippen LogP contribution in [0.4, 0.5) is 0 Å². The molecule has 0 aliphatic carbocycles. The van der Waals surface area contributed by atoms with E-state index >= 15 is 0 Å². The van der Waals surface area contributed by atoms with E-state index in [4.69, 9.17) is 9.47 Å². The molecule has 2 aliphatic heterocycles. The molecule has 2 aliphatic rings. The van der Waals surface area contributed by atoms with Gasteiger partial charge in [0.2, 0.25) is 0 Å². The Kier molecular flexibility index (Phi) is 10.0. The third-order valence-electron chi connectivity index (χ3n) is 5.38. The van der Waals surface area contributed by atoms with Crippen molar-refractivity contribution in [2.75, 3.05) is 39.4 Å². The van der Waals surface area contributed by atoms with Gasteiger partial charge in [-0.1, -0.05) is 0 Å². The maximum Gasteiger partial charge on any atom is 0.349 e. The Hall–Kier alpha value is -1.88. The number of rotatable bonds is 6. The van der Waals surface area contributed by atoms with Crippen LogP contribution in [0.2, 0.25) is 0 Å². The minimum absolute atomic E-state index is 0.250. The fraction of sp³-hybridized carbons (Fsp3) is 0.636. The molecule has 8 nitrogen and oxygen atoms in total. The van der Waals surface area contributed by atoms with Crippen molar-refractivity contribution >= 4 is 34.6 Å². The molecule has 2 fully saturated rings. The number of nitrogens with one attached hydrogen (secondary N) is 2. The van der Waals surface area contributed by atoms with E-state index in [0.717, 1.165) is 61.9 Å². The van der Waals surface area contributed by atoms with Crippen LogP contribution in [0.5, 0.6) is 0 Å². The van der Waals surface area contributed by atoms with E-state index in [1.165, 1.54) is 22.7 Å². The average Bonchev–Trinajstić information content (AvgIpc) is 3.52. The van der Waals surface area contributed by atoms with E-state index in [1.807, 2.05) is 13.8 Å². The van der Waals surface area contributed by atoms with Crippen molar-refractivity contribution in [3.8, 4) is 0 Å². The third kappa shape index (κ3) is 7.06. The van der Waals surface area contributed by atoms with E-state index in [1.54, 1.807) is 12.4 Å². The second-order valence-corrected chi connectivity index (χ2v) is 9.74. The van der Waals surface area contributed by atoms with Crippen molar-refractivity contribution in [1.29, 1.82) is 0 Å². The van der Waals surface area contributed by atoms with E-state index in [9.17, 15) is 9.59 Å². The first-order valence-electron chi connectivity index (χ1n) is 11.3. The molecular weight excluding hydrogens is 448 g/mol. The number of nitrogens with zero attached hydrogens (tertiary/aromatic N) is 2. The second-order valence-electron chi connectivity index (χ2n) is 7.61. The first-order valence-corrected chi connectivity index (χ1v) is 12.9. The number of piperidine rings is 2. The van der Waals surface area contributed by atoms with Crippen molar-refractivity contribution in [3.05, 3.63) is 32.2 Å². The molecule has 0 radical (unpaired) electrons. The van der Waals surface area contributed by atoms with Crippen LogP contribution in [0.3, 0.4) is 0 Å². The quantitative estimate of drug-likeness (QED) is 0.605. The van der Waals surface area contributed by atoms with Crippen molar-refractivity contribution < 1.29 is 19.1 Å². The normalized spacial score (nSPS) is 17.3. The van der Waals surface area contributed by atoms with E-state index in [0.29, 0.717) is 34.8 Å². The maximum absolute atomic E-state index is 11.5. The summed E-state index contributed by atoms with van der Waals surface area (Å²) in [6.45, 7) is 8.62. The lowest BCUT2D eigenvalue weighted by Gasteiger charge is -2.20. The van der Waals surface area contributed by atoms with Gasteiger partial charge in [0.15, 0.2) is 0 Å². The molecule has 0 bridgehead atoms. The fourth-order valence-corrected chi connectivity index (χ4v) is 5.65. The highest BCUT2D eigenvalue weighted by molar-refractivity contribution is 7.14.